The lowest BCUT2D eigenvalue weighted by Gasteiger charge is -2.00. The van der Waals surface area contributed by atoms with E-state index in [1.54, 1.807) is 0 Å². The Balaban J connectivity index is 2.85. The zero-order valence-corrected chi connectivity index (χ0v) is 6.65. The molecular weight excluding hydrogens is 148 g/mol. The minimum atomic E-state index is 0.0474. The Morgan fingerprint density at radius 2 is 1.56 bits per heavy atom. The van der Waals surface area contributed by atoms with E-state index in [9.17, 15) is 0 Å². The SMILES string of the molecule is SC(S)c1ccccc1. The molecule has 0 radical (unpaired) electrons. The second-order valence-electron chi connectivity index (χ2n) is 1.78. The maximum absolute atomic E-state index is 4.15. The molecule has 0 nitrogen and oxygen atoms in total. The Bertz CT molecular complexity index is 170. The van der Waals surface area contributed by atoms with E-state index in [2.05, 4.69) is 25.3 Å². The van der Waals surface area contributed by atoms with E-state index in [0.29, 0.717) is 0 Å². The first-order chi connectivity index (χ1) is 4.30. The minimum Gasteiger partial charge on any atom is -0.160 e. The summed E-state index contributed by atoms with van der Waals surface area (Å²) in [5, 5.41) is 0. The van der Waals surface area contributed by atoms with Crippen LogP contribution in [0.2, 0.25) is 0 Å². The van der Waals surface area contributed by atoms with Gasteiger partial charge in [-0.15, -0.1) is 0 Å². The molecule has 0 N–H and O–H groups in total. The lowest BCUT2D eigenvalue weighted by molar-refractivity contribution is 1.40. The predicted octanol–water partition coefficient (Wildman–Crippen LogP) is 2.54. The fourth-order valence-electron chi connectivity index (χ4n) is 0.625. The average Bonchev–Trinajstić information content (AvgIpc) is 1.90. The molecule has 2 heteroatoms. The zero-order valence-electron chi connectivity index (χ0n) is 4.86. The molecular formula is C7H8S2. The molecule has 0 saturated carbocycles. The first kappa shape index (κ1) is 7.03. The Hall–Kier alpha value is -0.0800. The third-order valence-electron chi connectivity index (χ3n) is 1.10. The summed E-state index contributed by atoms with van der Waals surface area (Å²) in [6.07, 6.45) is 0. The normalized spacial score (nSPS) is 10.1. The van der Waals surface area contributed by atoms with Gasteiger partial charge >= 0.3 is 0 Å². The second-order valence-corrected chi connectivity index (χ2v) is 3.22. The van der Waals surface area contributed by atoms with Crippen molar-refractivity contribution in [1.29, 1.82) is 0 Å². The molecule has 0 unspecified atom stereocenters. The molecule has 1 aromatic carbocycles. The molecule has 0 aliphatic rings. The summed E-state index contributed by atoms with van der Waals surface area (Å²) >= 11 is 8.30. The standard InChI is InChI=1S/C7H8S2/c8-7(9)6-4-2-1-3-5-6/h1-5,7-9H. The smallest absolute Gasteiger partial charge is 0.0692 e. The van der Waals surface area contributed by atoms with Gasteiger partial charge in [0.15, 0.2) is 0 Å². The number of hydrogen-bond acceptors (Lipinski definition) is 2. The van der Waals surface area contributed by atoms with Gasteiger partial charge in [-0.1, -0.05) is 30.3 Å². The quantitative estimate of drug-likeness (QED) is 0.453. The van der Waals surface area contributed by atoms with Crippen LogP contribution >= 0.6 is 25.3 Å². The van der Waals surface area contributed by atoms with Gasteiger partial charge in [0.05, 0.1) is 4.58 Å². The van der Waals surface area contributed by atoms with Gasteiger partial charge in [0.2, 0.25) is 0 Å². The Kier molecular flexibility index (Phi) is 2.49. The van der Waals surface area contributed by atoms with Gasteiger partial charge in [-0.3, -0.25) is 0 Å². The van der Waals surface area contributed by atoms with Crippen LogP contribution in [-0.4, -0.2) is 0 Å². The predicted molar refractivity (Wildman–Crippen MR) is 47.2 cm³/mol. The first-order valence-corrected chi connectivity index (χ1v) is 3.75. The summed E-state index contributed by atoms with van der Waals surface area (Å²) in [5.41, 5.74) is 1.14. The second kappa shape index (κ2) is 3.18. The van der Waals surface area contributed by atoms with Crippen LogP contribution in [0.4, 0.5) is 0 Å². The highest BCUT2D eigenvalue weighted by Crippen LogP contribution is 2.22. The van der Waals surface area contributed by atoms with Gasteiger partial charge in [-0.2, -0.15) is 25.3 Å². The molecule has 0 amide bonds. The monoisotopic (exact) mass is 156 g/mol. The minimum absolute atomic E-state index is 0.0474. The maximum Gasteiger partial charge on any atom is 0.0692 e. The highest BCUT2D eigenvalue weighted by atomic mass is 32.2. The van der Waals surface area contributed by atoms with Crippen LogP contribution < -0.4 is 0 Å². The van der Waals surface area contributed by atoms with Crippen molar-refractivity contribution in [2.75, 3.05) is 0 Å². The summed E-state index contributed by atoms with van der Waals surface area (Å²) in [4.78, 5) is 0. The van der Waals surface area contributed by atoms with E-state index in [1.165, 1.54) is 0 Å². The van der Waals surface area contributed by atoms with Gasteiger partial charge < -0.3 is 0 Å². The molecule has 0 spiro atoms. The van der Waals surface area contributed by atoms with E-state index < -0.39 is 0 Å². The van der Waals surface area contributed by atoms with Crippen molar-refractivity contribution in [2.24, 2.45) is 0 Å². The van der Waals surface area contributed by atoms with Gasteiger partial charge in [0, 0.05) is 0 Å². The molecule has 0 aliphatic carbocycles. The Labute approximate surface area is 66.1 Å². The highest BCUT2D eigenvalue weighted by Gasteiger charge is 1.95. The van der Waals surface area contributed by atoms with Crippen molar-refractivity contribution < 1.29 is 0 Å². The molecule has 1 rings (SSSR count). The summed E-state index contributed by atoms with van der Waals surface area (Å²) in [6, 6.07) is 9.95. The molecule has 0 atom stereocenters. The molecule has 9 heavy (non-hydrogen) atoms. The molecule has 0 saturated heterocycles. The molecule has 1 aromatic rings. The average molecular weight is 156 g/mol. The third-order valence-corrected chi connectivity index (χ3v) is 1.69. The van der Waals surface area contributed by atoms with E-state index in [0.717, 1.165) is 5.56 Å². The zero-order chi connectivity index (χ0) is 6.69. The van der Waals surface area contributed by atoms with Gasteiger partial charge in [0.25, 0.3) is 0 Å². The van der Waals surface area contributed by atoms with Gasteiger partial charge in [-0.05, 0) is 5.56 Å². The van der Waals surface area contributed by atoms with Crippen LogP contribution in [0.1, 0.15) is 10.1 Å². The Morgan fingerprint density at radius 1 is 1.00 bits per heavy atom. The van der Waals surface area contributed by atoms with E-state index >= 15 is 0 Å². The lowest BCUT2D eigenvalue weighted by Crippen LogP contribution is -1.77. The van der Waals surface area contributed by atoms with E-state index in [4.69, 9.17) is 0 Å². The largest absolute Gasteiger partial charge is 0.160 e. The van der Waals surface area contributed by atoms with Crippen LogP contribution in [-0.2, 0) is 0 Å². The number of hydrogen-bond donors (Lipinski definition) is 2. The molecule has 48 valence electrons. The molecule has 0 fully saturated rings. The van der Waals surface area contributed by atoms with Crippen LogP contribution in [0, 0.1) is 0 Å². The maximum atomic E-state index is 4.15. The van der Waals surface area contributed by atoms with Crippen LogP contribution in [0.3, 0.4) is 0 Å². The number of rotatable bonds is 1. The van der Waals surface area contributed by atoms with E-state index in [-0.39, 0.29) is 4.58 Å². The summed E-state index contributed by atoms with van der Waals surface area (Å²) in [7, 11) is 0. The van der Waals surface area contributed by atoms with Crippen molar-refractivity contribution in [3.05, 3.63) is 35.9 Å². The lowest BCUT2D eigenvalue weighted by atomic mass is 10.2. The highest BCUT2D eigenvalue weighted by molar-refractivity contribution is 7.98. The summed E-state index contributed by atoms with van der Waals surface area (Å²) < 4.78 is 0.0474. The third kappa shape index (κ3) is 1.95. The van der Waals surface area contributed by atoms with Crippen molar-refractivity contribution in [3.63, 3.8) is 0 Å². The van der Waals surface area contributed by atoms with Crippen molar-refractivity contribution >= 4 is 25.3 Å². The molecule has 0 bridgehead atoms. The van der Waals surface area contributed by atoms with Crippen molar-refractivity contribution in [1.82, 2.24) is 0 Å². The molecule has 0 heterocycles. The van der Waals surface area contributed by atoms with E-state index in [1.807, 2.05) is 30.3 Å². The summed E-state index contributed by atoms with van der Waals surface area (Å²) in [6.45, 7) is 0. The first-order valence-electron chi connectivity index (χ1n) is 2.72. The van der Waals surface area contributed by atoms with Gasteiger partial charge in [0.1, 0.15) is 0 Å². The number of thiol groups is 2. The molecule has 0 aromatic heterocycles. The molecule has 0 aliphatic heterocycles. The summed E-state index contributed by atoms with van der Waals surface area (Å²) in [5.74, 6) is 0. The topological polar surface area (TPSA) is 0 Å². The van der Waals surface area contributed by atoms with Gasteiger partial charge in [-0.25, -0.2) is 0 Å². The van der Waals surface area contributed by atoms with Crippen LogP contribution in [0.25, 0.3) is 0 Å². The number of benzene rings is 1. The Morgan fingerprint density at radius 3 is 1.89 bits per heavy atom. The van der Waals surface area contributed by atoms with Crippen LogP contribution in [0.5, 0.6) is 0 Å². The van der Waals surface area contributed by atoms with Crippen molar-refractivity contribution in [3.8, 4) is 0 Å². The van der Waals surface area contributed by atoms with Crippen molar-refractivity contribution in [2.45, 2.75) is 4.58 Å². The fraction of sp³-hybridized carbons (Fsp3) is 0.143. The van der Waals surface area contributed by atoms with Crippen LogP contribution in [0.15, 0.2) is 30.3 Å². The fourth-order valence-corrected chi connectivity index (χ4v) is 0.969.